The van der Waals surface area contributed by atoms with Gasteiger partial charge in [0.15, 0.2) is 17.4 Å². The van der Waals surface area contributed by atoms with Gasteiger partial charge in [0, 0.05) is 93.6 Å². The van der Waals surface area contributed by atoms with Crippen LogP contribution in [0.15, 0.2) is 89.0 Å². The second-order valence-corrected chi connectivity index (χ2v) is 22.0. The average molecular weight is 1060 g/mol. The number of nitrogen functional groups attached to an aromatic ring is 1. The number of aliphatic hydroxyl groups is 1. The predicted octanol–water partition coefficient (Wildman–Crippen LogP) is 8.60. The number of phenols is 1. The van der Waals surface area contributed by atoms with Crippen LogP contribution in [0.1, 0.15) is 106 Å². The SMILES string of the molecule is Cc1ncsc1-c1ccc([C@H](C)NC(=O)[C@@H]2C[C@@H](O)CN2C(=O)[C@@H](c2cc(N3CCC(CN4CCC(OC5CC(Oc6cc(/C(F)=C/c7cc(-c8ccccc8O)nnc7N)ccn6)C5)CC4)CC3)no2)C(C)C)cc1. The Labute approximate surface area is 446 Å². The summed E-state index contributed by atoms with van der Waals surface area (Å²) in [6, 6.07) is 20.3. The molecule has 1 aliphatic carbocycles. The molecular formula is C57H67FN10O7S. The summed E-state index contributed by atoms with van der Waals surface area (Å²) in [5.74, 6) is 0.270. The van der Waals surface area contributed by atoms with Crippen molar-refractivity contribution in [2.24, 2.45) is 11.8 Å². The van der Waals surface area contributed by atoms with Gasteiger partial charge in [0.05, 0.1) is 46.1 Å². The number of rotatable bonds is 17. The standard InChI is InChI=1S/C57H67FN10O7S/c1-33(2)53(57(72)68-31-41(69)26-48(68)56(71)62-34(3)37-9-11-38(12-10-37)54-35(4)61-32-76-54)50-29-51(65-75-50)67-21-14-36(15-22-67)30-66-19-16-42(17-20-66)73-43-27-44(28-43)74-52-25-39(13-18-60-52)46(58)23-40-24-47(63-64-55(40)59)45-7-5-6-8-49(45)70/h5-13,18,23-25,29,32-34,36,41-44,48,53,69-70H,14-17,19-22,26-28,30-31H2,1-4H3,(H2,59,64)(H,62,71)/b46-23-/t34-,41+,43?,44?,48-,53+/m0/s1. The maximum atomic E-state index is 15.6. The quantitative estimate of drug-likeness (QED) is 0.0672. The zero-order chi connectivity index (χ0) is 53.0. The number of anilines is 2. The number of aromatic nitrogens is 5. The number of pyridine rings is 1. The molecule has 4 fully saturated rings. The van der Waals surface area contributed by atoms with Crippen molar-refractivity contribution in [3.05, 3.63) is 113 Å². The third kappa shape index (κ3) is 12.1. The highest BCUT2D eigenvalue weighted by Gasteiger charge is 2.44. The van der Waals surface area contributed by atoms with Gasteiger partial charge >= 0.3 is 0 Å². The van der Waals surface area contributed by atoms with Crippen LogP contribution in [0.4, 0.5) is 16.0 Å². The number of nitrogens with two attached hydrogens (primary N) is 1. The Bertz CT molecular complexity index is 3000. The average Bonchev–Trinajstić information content (AvgIpc) is 4.18. The highest BCUT2D eigenvalue weighted by Crippen LogP contribution is 2.37. The molecule has 4 atom stereocenters. The molecule has 3 aliphatic heterocycles. The number of amides is 2. The number of halogens is 1. The van der Waals surface area contributed by atoms with Crippen LogP contribution in [-0.4, -0.2) is 127 Å². The first-order valence-corrected chi connectivity index (χ1v) is 27.4. The number of para-hydroxylation sites is 1. The van der Waals surface area contributed by atoms with E-state index in [1.165, 1.54) is 17.2 Å². The highest BCUT2D eigenvalue weighted by molar-refractivity contribution is 7.13. The molecule has 4 aromatic heterocycles. The fourth-order valence-corrected chi connectivity index (χ4v) is 11.8. The summed E-state index contributed by atoms with van der Waals surface area (Å²) in [5.41, 5.74) is 12.3. The Morgan fingerprint density at radius 1 is 0.934 bits per heavy atom. The first-order valence-electron chi connectivity index (χ1n) is 26.5. The van der Waals surface area contributed by atoms with Crippen molar-refractivity contribution in [3.63, 3.8) is 0 Å². The number of benzene rings is 2. The molecule has 1 saturated carbocycles. The normalized spacial score (nSPS) is 21.6. The largest absolute Gasteiger partial charge is 0.507 e. The molecule has 7 heterocycles. The van der Waals surface area contributed by atoms with Gasteiger partial charge in [0.25, 0.3) is 0 Å². The van der Waals surface area contributed by atoms with Gasteiger partial charge in [-0.05, 0) is 92.8 Å². The molecule has 0 unspecified atom stereocenters. The number of carbonyl (C=O) groups excluding carboxylic acids is 2. The van der Waals surface area contributed by atoms with E-state index in [2.05, 4.69) is 40.4 Å². The van der Waals surface area contributed by atoms with E-state index in [0.29, 0.717) is 40.2 Å². The number of aromatic hydroxyl groups is 1. The van der Waals surface area contributed by atoms with Crippen molar-refractivity contribution >= 4 is 46.7 Å². The number of phenolic OH excluding ortho intramolecular Hbond substituents is 1. The third-order valence-corrected chi connectivity index (χ3v) is 16.4. The molecule has 10 rings (SSSR count). The molecule has 19 heteroatoms. The van der Waals surface area contributed by atoms with Crippen molar-refractivity contribution in [3.8, 4) is 33.3 Å². The minimum Gasteiger partial charge on any atom is -0.507 e. The number of thiazole rings is 1. The van der Waals surface area contributed by atoms with E-state index < -0.39 is 23.9 Å². The Balaban J connectivity index is 0.646. The number of nitrogens with one attached hydrogen (secondary N) is 1. The number of piperidine rings is 2. The molecule has 3 saturated heterocycles. The molecular weight excluding hydrogens is 988 g/mol. The lowest BCUT2D eigenvalue weighted by Crippen LogP contribution is -2.48. The molecule has 0 bridgehead atoms. The number of carbonyl (C=O) groups is 2. The Morgan fingerprint density at radius 3 is 2.42 bits per heavy atom. The van der Waals surface area contributed by atoms with Crippen molar-refractivity contribution < 1.29 is 38.2 Å². The maximum absolute atomic E-state index is 15.6. The van der Waals surface area contributed by atoms with Crippen LogP contribution < -0.4 is 20.7 Å². The molecule has 76 heavy (non-hydrogen) atoms. The summed E-state index contributed by atoms with van der Waals surface area (Å²) in [5, 5.41) is 36.6. The number of nitrogens with zero attached hydrogens (tertiary/aromatic N) is 8. The summed E-state index contributed by atoms with van der Waals surface area (Å²) in [4.78, 5) is 44.3. The van der Waals surface area contributed by atoms with Crippen molar-refractivity contribution in [2.45, 2.75) is 115 Å². The van der Waals surface area contributed by atoms with Gasteiger partial charge in [0.2, 0.25) is 17.7 Å². The van der Waals surface area contributed by atoms with Gasteiger partial charge in [-0.15, -0.1) is 21.5 Å². The summed E-state index contributed by atoms with van der Waals surface area (Å²) in [6.45, 7) is 12.6. The first-order chi connectivity index (χ1) is 36.7. The number of likely N-dealkylation sites (tertiary alicyclic amines) is 2. The van der Waals surface area contributed by atoms with Crippen LogP contribution >= 0.6 is 11.3 Å². The fraction of sp³-hybridized carbons (Fsp3) is 0.456. The van der Waals surface area contributed by atoms with Gasteiger partial charge in [-0.25, -0.2) is 14.4 Å². The molecule has 400 valence electrons. The zero-order valence-corrected chi connectivity index (χ0v) is 44.2. The Hall–Kier alpha value is -6.80. The first kappa shape index (κ1) is 52.6. The van der Waals surface area contributed by atoms with E-state index in [1.807, 2.05) is 63.5 Å². The molecule has 4 aliphatic rings. The van der Waals surface area contributed by atoms with Crippen molar-refractivity contribution in [1.29, 1.82) is 0 Å². The van der Waals surface area contributed by atoms with Crippen molar-refractivity contribution in [1.82, 2.24) is 40.4 Å². The smallest absolute Gasteiger partial charge is 0.243 e. The van der Waals surface area contributed by atoms with E-state index in [4.69, 9.17) is 19.7 Å². The minimum atomic E-state index is -0.813. The van der Waals surface area contributed by atoms with Crippen LogP contribution in [0, 0.1) is 18.8 Å². The Kier molecular flexibility index (Phi) is 16.1. The summed E-state index contributed by atoms with van der Waals surface area (Å²) in [7, 11) is 0. The van der Waals surface area contributed by atoms with Gasteiger partial charge in [-0.3, -0.25) is 9.59 Å². The number of β-amino-alcohol motifs (C(OH)–C–C–N with tert-alkyl or cyclic N) is 1. The zero-order valence-electron chi connectivity index (χ0n) is 43.4. The maximum Gasteiger partial charge on any atom is 0.243 e. The lowest BCUT2D eigenvalue weighted by Gasteiger charge is -2.41. The molecule has 2 aromatic carbocycles. The second-order valence-electron chi connectivity index (χ2n) is 21.2. The molecule has 17 nitrogen and oxygen atoms in total. The van der Waals surface area contributed by atoms with Gasteiger partial charge < -0.3 is 50.0 Å². The second kappa shape index (κ2) is 23.2. The summed E-state index contributed by atoms with van der Waals surface area (Å²) in [6.07, 6.45) is 7.86. The van der Waals surface area contributed by atoms with Crippen LogP contribution in [0.25, 0.3) is 33.6 Å². The minimum absolute atomic E-state index is 0.0342. The van der Waals surface area contributed by atoms with Crippen LogP contribution in [-0.2, 0) is 14.3 Å². The van der Waals surface area contributed by atoms with E-state index >= 15 is 4.39 Å². The van der Waals surface area contributed by atoms with Crippen LogP contribution in [0.5, 0.6) is 11.6 Å². The molecule has 2 amide bonds. The number of ether oxygens (including phenoxy) is 2. The topological polar surface area (TPSA) is 218 Å². The number of aryl methyl sites for hydroxylation is 1. The lowest BCUT2D eigenvalue weighted by atomic mass is 9.91. The van der Waals surface area contributed by atoms with E-state index in [-0.39, 0.29) is 72.2 Å². The number of aliphatic hydroxyl groups excluding tert-OH is 1. The van der Waals surface area contributed by atoms with Crippen molar-refractivity contribution in [2.75, 3.05) is 49.9 Å². The van der Waals surface area contributed by atoms with Gasteiger partial charge in [0.1, 0.15) is 29.6 Å². The summed E-state index contributed by atoms with van der Waals surface area (Å²) < 4.78 is 34.2. The number of hydrogen-bond acceptors (Lipinski definition) is 16. The van der Waals surface area contributed by atoms with Gasteiger partial charge in [-0.1, -0.05) is 55.4 Å². The number of hydrogen-bond donors (Lipinski definition) is 4. The van der Waals surface area contributed by atoms with E-state index in [1.54, 1.807) is 53.8 Å². The Morgan fingerprint density at radius 2 is 1.70 bits per heavy atom. The molecule has 6 aromatic rings. The molecule has 0 spiro atoms. The fourth-order valence-electron chi connectivity index (χ4n) is 11.0. The third-order valence-electron chi connectivity index (χ3n) is 15.4. The summed E-state index contributed by atoms with van der Waals surface area (Å²) >= 11 is 1.59. The molecule has 5 N–H and O–H groups in total. The van der Waals surface area contributed by atoms with Crippen LogP contribution in [0.2, 0.25) is 0 Å². The van der Waals surface area contributed by atoms with Gasteiger partial charge in [-0.2, -0.15) is 0 Å². The van der Waals surface area contributed by atoms with Crippen LogP contribution in [0.3, 0.4) is 0 Å². The predicted molar refractivity (Wildman–Crippen MR) is 289 cm³/mol. The monoisotopic (exact) mass is 1050 g/mol. The van der Waals surface area contributed by atoms with E-state index in [0.717, 1.165) is 92.9 Å². The molecule has 0 radical (unpaired) electrons. The van der Waals surface area contributed by atoms with E-state index in [9.17, 15) is 19.8 Å². The lowest BCUT2D eigenvalue weighted by molar-refractivity contribution is -0.141. The highest BCUT2D eigenvalue weighted by atomic mass is 32.1.